The van der Waals surface area contributed by atoms with Gasteiger partial charge in [-0.2, -0.15) is 0 Å². The maximum absolute atomic E-state index is 12.2. The molecule has 0 spiro atoms. The van der Waals surface area contributed by atoms with Crippen LogP contribution in [-0.2, 0) is 6.54 Å². The summed E-state index contributed by atoms with van der Waals surface area (Å²) in [5.74, 6) is 1.45. The van der Waals surface area contributed by atoms with E-state index in [1.54, 1.807) is 0 Å². The predicted molar refractivity (Wildman–Crippen MR) is 79.8 cm³/mol. The minimum Gasteiger partial charge on any atom is -0.494 e. The maximum Gasteiger partial charge on any atom is 0.317 e. The molecule has 1 fully saturated rings. The molecular formula is C16H24N2O2. The lowest BCUT2D eigenvalue weighted by molar-refractivity contribution is 0.169. The molecule has 4 heteroatoms. The average Bonchev–Trinajstić information content (AvgIpc) is 2.46. The van der Waals surface area contributed by atoms with Gasteiger partial charge in [0.2, 0.25) is 0 Å². The van der Waals surface area contributed by atoms with Crippen LogP contribution in [0.4, 0.5) is 4.79 Å². The number of piperidine rings is 1. The maximum atomic E-state index is 12.2. The Morgan fingerprint density at radius 1 is 1.45 bits per heavy atom. The van der Waals surface area contributed by atoms with Gasteiger partial charge in [0.25, 0.3) is 0 Å². The van der Waals surface area contributed by atoms with Crippen molar-refractivity contribution in [3.63, 3.8) is 0 Å². The summed E-state index contributed by atoms with van der Waals surface area (Å²) in [5, 5.41) is 3.00. The second-order valence-corrected chi connectivity index (χ2v) is 5.39. The van der Waals surface area contributed by atoms with Gasteiger partial charge in [0.1, 0.15) is 5.75 Å². The molecule has 1 unspecified atom stereocenters. The number of rotatable bonds is 4. The molecule has 4 nitrogen and oxygen atoms in total. The minimum atomic E-state index is 0.0304. The number of urea groups is 1. The average molecular weight is 276 g/mol. The number of para-hydroxylation sites is 1. The van der Waals surface area contributed by atoms with Crippen LogP contribution in [0.15, 0.2) is 24.3 Å². The number of hydrogen-bond donors (Lipinski definition) is 1. The lowest BCUT2D eigenvalue weighted by Crippen LogP contribution is -2.44. The third kappa shape index (κ3) is 3.89. The third-order valence-electron chi connectivity index (χ3n) is 3.65. The van der Waals surface area contributed by atoms with Gasteiger partial charge in [-0.05, 0) is 31.7 Å². The van der Waals surface area contributed by atoms with Crippen LogP contribution in [0.2, 0.25) is 0 Å². The molecule has 2 rings (SSSR count). The van der Waals surface area contributed by atoms with Gasteiger partial charge in [0.05, 0.1) is 6.61 Å². The molecule has 1 N–H and O–H groups in total. The van der Waals surface area contributed by atoms with Crippen LogP contribution in [0, 0.1) is 5.92 Å². The highest BCUT2D eigenvalue weighted by atomic mass is 16.5. The monoisotopic (exact) mass is 276 g/mol. The van der Waals surface area contributed by atoms with E-state index in [0.717, 1.165) is 30.8 Å². The van der Waals surface area contributed by atoms with E-state index in [1.165, 1.54) is 6.42 Å². The highest BCUT2D eigenvalue weighted by Gasteiger charge is 2.20. The highest BCUT2D eigenvalue weighted by molar-refractivity contribution is 5.74. The van der Waals surface area contributed by atoms with Gasteiger partial charge in [-0.3, -0.25) is 0 Å². The molecule has 1 aromatic rings. The Labute approximate surface area is 121 Å². The normalized spacial score (nSPS) is 18.7. The fraction of sp³-hybridized carbons (Fsp3) is 0.562. The van der Waals surface area contributed by atoms with Crippen molar-refractivity contribution < 1.29 is 9.53 Å². The summed E-state index contributed by atoms with van der Waals surface area (Å²) < 4.78 is 5.57. The lowest BCUT2D eigenvalue weighted by atomic mass is 10.0. The standard InChI is InChI=1S/C16H24N2O2/c1-3-20-15-9-5-4-8-14(15)11-17-16(19)18-10-6-7-13(2)12-18/h4-5,8-9,13H,3,6-7,10-12H2,1-2H3,(H,17,19). The van der Waals surface area contributed by atoms with Gasteiger partial charge in [-0.15, -0.1) is 0 Å². The summed E-state index contributed by atoms with van der Waals surface area (Å²) in [6, 6.07) is 7.87. The zero-order valence-corrected chi connectivity index (χ0v) is 12.4. The number of carbonyl (C=O) groups is 1. The van der Waals surface area contributed by atoms with Gasteiger partial charge in [0, 0.05) is 25.2 Å². The SMILES string of the molecule is CCOc1ccccc1CNC(=O)N1CCCC(C)C1. The first kappa shape index (κ1) is 14.7. The Morgan fingerprint density at radius 3 is 3.00 bits per heavy atom. The number of ether oxygens (including phenoxy) is 1. The molecule has 20 heavy (non-hydrogen) atoms. The third-order valence-corrected chi connectivity index (χ3v) is 3.65. The molecule has 0 bridgehead atoms. The highest BCUT2D eigenvalue weighted by Crippen LogP contribution is 2.18. The molecule has 0 aliphatic carbocycles. The van der Waals surface area contributed by atoms with E-state index in [0.29, 0.717) is 19.1 Å². The minimum absolute atomic E-state index is 0.0304. The number of nitrogens with one attached hydrogen (secondary N) is 1. The van der Waals surface area contributed by atoms with Crippen molar-refractivity contribution in [1.82, 2.24) is 10.2 Å². The number of benzene rings is 1. The molecule has 0 radical (unpaired) electrons. The van der Waals surface area contributed by atoms with Gasteiger partial charge in [-0.1, -0.05) is 25.1 Å². The summed E-state index contributed by atoms with van der Waals surface area (Å²) in [6.45, 7) is 7.03. The Bertz CT molecular complexity index is 448. The zero-order chi connectivity index (χ0) is 14.4. The second kappa shape index (κ2) is 7.17. The number of hydrogen-bond acceptors (Lipinski definition) is 2. The zero-order valence-electron chi connectivity index (χ0n) is 12.4. The molecule has 2 amide bonds. The van der Waals surface area contributed by atoms with Gasteiger partial charge < -0.3 is 15.0 Å². The predicted octanol–water partition coefficient (Wildman–Crippen LogP) is 3.03. The van der Waals surface area contributed by atoms with Crippen LogP contribution in [-0.4, -0.2) is 30.6 Å². The molecule has 110 valence electrons. The first-order valence-corrected chi connectivity index (χ1v) is 7.44. The fourth-order valence-corrected chi connectivity index (χ4v) is 2.60. The Morgan fingerprint density at radius 2 is 2.25 bits per heavy atom. The van der Waals surface area contributed by atoms with Gasteiger partial charge >= 0.3 is 6.03 Å². The van der Waals surface area contributed by atoms with Crippen LogP contribution in [0.25, 0.3) is 0 Å². The van der Waals surface area contributed by atoms with Crippen LogP contribution < -0.4 is 10.1 Å². The molecule has 1 atom stereocenters. The van der Waals surface area contributed by atoms with E-state index in [-0.39, 0.29) is 6.03 Å². The molecule has 1 aliphatic rings. The summed E-state index contributed by atoms with van der Waals surface area (Å²) in [4.78, 5) is 14.1. The number of likely N-dealkylation sites (tertiary alicyclic amines) is 1. The molecule has 0 saturated carbocycles. The molecule has 1 aromatic carbocycles. The van der Waals surface area contributed by atoms with Crippen LogP contribution in [0.1, 0.15) is 32.3 Å². The first-order valence-electron chi connectivity index (χ1n) is 7.44. The lowest BCUT2D eigenvalue weighted by Gasteiger charge is -2.31. The van der Waals surface area contributed by atoms with Crippen molar-refractivity contribution in [2.45, 2.75) is 33.2 Å². The number of carbonyl (C=O) groups excluding carboxylic acids is 1. The Balaban J connectivity index is 1.89. The van der Waals surface area contributed by atoms with E-state index < -0.39 is 0 Å². The van der Waals surface area contributed by atoms with Crippen molar-refractivity contribution in [1.29, 1.82) is 0 Å². The van der Waals surface area contributed by atoms with E-state index in [4.69, 9.17) is 4.74 Å². The fourth-order valence-electron chi connectivity index (χ4n) is 2.60. The Kier molecular flexibility index (Phi) is 5.27. The van der Waals surface area contributed by atoms with Crippen LogP contribution >= 0.6 is 0 Å². The van der Waals surface area contributed by atoms with Crippen molar-refractivity contribution in [2.24, 2.45) is 5.92 Å². The van der Waals surface area contributed by atoms with E-state index in [2.05, 4.69) is 12.2 Å². The molecule has 0 aromatic heterocycles. The molecule has 1 aliphatic heterocycles. The van der Waals surface area contributed by atoms with E-state index >= 15 is 0 Å². The topological polar surface area (TPSA) is 41.6 Å². The molecular weight excluding hydrogens is 252 g/mol. The molecule has 1 saturated heterocycles. The molecule has 1 heterocycles. The summed E-state index contributed by atoms with van der Waals surface area (Å²) in [7, 11) is 0. The van der Waals surface area contributed by atoms with Crippen molar-refractivity contribution >= 4 is 6.03 Å². The van der Waals surface area contributed by atoms with Crippen LogP contribution in [0.3, 0.4) is 0 Å². The van der Waals surface area contributed by atoms with Crippen LogP contribution in [0.5, 0.6) is 5.75 Å². The smallest absolute Gasteiger partial charge is 0.317 e. The van der Waals surface area contributed by atoms with Crippen molar-refractivity contribution in [3.05, 3.63) is 29.8 Å². The number of amides is 2. The largest absolute Gasteiger partial charge is 0.494 e. The van der Waals surface area contributed by atoms with Gasteiger partial charge in [-0.25, -0.2) is 4.79 Å². The Hall–Kier alpha value is -1.71. The van der Waals surface area contributed by atoms with E-state index in [9.17, 15) is 4.79 Å². The first-order chi connectivity index (χ1) is 9.70. The van der Waals surface area contributed by atoms with Crippen molar-refractivity contribution in [2.75, 3.05) is 19.7 Å². The second-order valence-electron chi connectivity index (χ2n) is 5.39. The number of nitrogens with zero attached hydrogens (tertiary/aromatic N) is 1. The van der Waals surface area contributed by atoms with Gasteiger partial charge in [0.15, 0.2) is 0 Å². The van der Waals surface area contributed by atoms with E-state index in [1.807, 2.05) is 36.1 Å². The summed E-state index contributed by atoms with van der Waals surface area (Å²) >= 11 is 0. The summed E-state index contributed by atoms with van der Waals surface area (Å²) in [6.07, 6.45) is 2.32. The summed E-state index contributed by atoms with van der Waals surface area (Å²) in [5.41, 5.74) is 1.02. The quantitative estimate of drug-likeness (QED) is 0.918. The van der Waals surface area contributed by atoms with Crippen molar-refractivity contribution in [3.8, 4) is 5.75 Å².